The van der Waals surface area contributed by atoms with Gasteiger partial charge in [-0.15, -0.1) is 0 Å². The Kier molecular flexibility index (Phi) is 3.62. The highest BCUT2D eigenvalue weighted by Gasteiger charge is 2.55. The second kappa shape index (κ2) is 5.37. The van der Waals surface area contributed by atoms with Crippen molar-refractivity contribution in [2.45, 2.75) is 31.9 Å². The number of Topliss-reactive ketones (excluding diaryl/α,β-unsaturated/α-hetero) is 1. The maximum Gasteiger partial charge on any atom is 0.375 e. The maximum absolute atomic E-state index is 12.7. The normalized spacial score (nSPS) is 28.7. The number of ether oxygens (including phenoxy) is 2. The number of ketones is 1. The van der Waals surface area contributed by atoms with Gasteiger partial charge in [0.1, 0.15) is 11.7 Å². The number of hydrogen-bond donors (Lipinski definition) is 0. The van der Waals surface area contributed by atoms with Crippen molar-refractivity contribution in [3.63, 3.8) is 0 Å². The van der Waals surface area contributed by atoms with E-state index >= 15 is 0 Å². The summed E-state index contributed by atoms with van der Waals surface area (Å²) >= 11 is 0. The average Bonchev–Trinajstić information content (AvgIpc) is 2.53. The van der Waals surface area contributed by atoms with Gasteiger partial charge in [0, 0.05) is 19.4 Å². The summed E-state index contributed by atoms with van der Waals surface area (Å²) in [7, 11) is 1.60. The second-order valence-corrected chi connectivity index (χ2v) is 6.09. The van der Waals surface area contributed by atoms with E-state index in [2.05, 4.69) is 0 Å². The quantitative estimate of drug-likeness (QED) is 0.480. The van der Waals surface area contributed by atoms with E-state index in [0.29, 0.717) is 12.2 Å². The van der Waals surface area contributed by atoms with E-state index in [9.17, 15) is 14.4 Å². The third-order valence-electron chi connectivity index (χ3n) is 4.71. The Morgan fingerprint density at radius 3 is 2.78 bits per heavy atom. The largest absolute Gasteiger partial charge is 0.468 e. The standard InChI is InChI=1S/C17H19NO5/c1-4-22-16(21)14(19)13-11-9-17(2,18(3)15(13)20)23-12-8-6-5-7-10(11)12/h5-8,11,13H,4,9H2,1-3H3/t11-,13+,17-/m0/s1. The van der Waals surface area contributed by atoms with Gasteiger partial charge in [0.25, 0.3) is 5.78 Å². The zero-order chi connectivity index (χ0) is 16.8. The Morgan fingerprint density at radius 2 is 2.09 bits per heavy atom. The highest BCUT2D eigenvalue weighted by atomic mass is 16.5. The molecule has 1 amide bonds. The molecule has 0 aromatic heterocycles. The lowest BCUT2D eigenvalue weighted by molar-refractivity contribution is -0.175. The Bertz CT molecular complexity index is 685. The van der Waals surface area contributed by atoms with Crippen LogP contribution in [0.3, 0.4) is 0 Å². The van der Waals surface area contributed by atoms with Crippen LogP contribution in [0.4, 0.5) is 0 Å². The van der Waals surface area contributed by atoms with Gasteiger partial charge in [0.05, 0.1) is 6.61 Å². The van der Waals surface area contributed by atoms with Crippen molar-refractivity contribution in [2.24, 2.45) is 5.92 Å². The van der Waals surface area contributed by atoms with Crippen LogP contribution in [0.15, 0.2) is 24.3 Å². The fourth-order valence-electron chi connectivity index (χ4n) is 3.42. The van der Waals surface area contributed by atoms with E-state index < -0.39 is 29.3 Å². The van der Waals surface area contributed by atoms with Crippen LogP contribution in [0, 0.1) is 5.92 Å². The third-order valence-corrected chi connectivity index (χ3v) is 4.71. The SMILES string of the molecule is CCOC(=O)C(=O)[C@@H]1C(=O)N(C)[C@]2(C)C[C@H]1c1ccccc1O2. The van der Waals surface area contributed by atoms with Crippen molar-refractivity contribution in [1.82, 2.24) is 4.90 Å². The topological polar surface area (TPSA) is 72.9 Å². The van der Waals surface area contributed by atoms with Gasteiger partial charge in [-0.3, -0.25) is 9.59 Å². The molecule has 2 heterocycles. The lowest BCUT2D eigenvalue weighted by atomic mass is 9.72. The van der Waals surface area contributed by atoms with Gasteiger partial charge in [0.2, 0.25) is 5.91 Å². The molecule has 3 rings (SSSR count). The molecular formula is C17H19NO5. The maximum atomic E-state index is 12.7. The molecule has 2 aliphatic heterocycles. The molecule has 1 aromatic carbocycles. The Morgan fingerprint density at radius 1 is 1.39 bits per heavy atom. The third kappa shape index (κ3) is 2.29. The van der Waals surface area contributed by atoms with Crippen LogP contribution >= 0.6 is 0 Å². The fourth-order valence-corrected chi connectivity index (χ4v) is 3.42. The number of fused-ring (bicyclic) bond motifs is 4. The molecule has 0 radical (unpaired) electrons. The van der Waals surface area contributed by atoms with Crippen molar-refractivity contribution >= 4 is 17.7 Å². The molecule has 23 heavy (non-hydrogen) atoms. The van der Waals surface area contributed by atoms with Gasteiger partial charge in [0.15, 0.2) is 5.72 Å². The van der Waals surface area contributed by atoms with Crippen molar-refractivity contribution < 1.29 is 23.9 Å². The number of para-hydroxylation sites is 1. The molecule has 1 aromatic rings. The average molecular weight is 317 g/mol. The van der Waals surface area contributed by atoms with Crippen LogP contribution in [0.2, 0.25) is 0 Å². The van der Waals surface area contributed by atoms with Crippen molar-refractivity contribution in [1.29, 1.82) is 0 Å². The molecule has 0 N–H and O–H groups in total. The zero-order valence-corrected chi connectivity index (χ0v) is 13.4. The van der Waals surface area contributed by atoms with Gasteiger partial charge in [-0.1, -0.05) is 18.2 Å². The molecule has 0 spiro atoms. The molecule has 6 nitrogen and oxygen atoms in total. The Balaban J connectivity index is 2.06. The number of esters is 1. The van der Waals surface area contributed by atoms with Crippen LogP contribution < -0.4 is 4.74 Å². The highest BCUT2D eigenvalue weighted by Crippen LogP contribution is 2.49. The first-order valence-corrected chi connectivity index (χ1v) is 7.65. The smallest absolute Gasteiger partial charge is 0.375 e. The predicted octanol–water partition coefficient (Wildman–Crippen LogP) is 1.49. The number of piperidine rings is 1. The molecular weight excluding hydrogens is 298 g/mol. The van der Waals surface area contributed by atoms with Gasteiger partial charge < -0.3 is 14.4 Å². The number of likely N-dealkylation sites (tertiary alicyclic amines) is 1. The summed E-state index contributed by atoms with van der Waals surface area (Å²) in [6.45, 7) is 3.54. The molecule has 122 valence electrons. The lowest BCUT2D eigenvalue weighted by Crippen LogP contribution is -2.62. The first-order chi connectivity index (χ1) is 10.9. The van der Waals surface area contributed by atoms with E-state index in [1.807, 2.05) is 31.2 Å². The van der Waals surface area contributed by atoms with Gasteiger partial charge >= 0.3 is 5.97 Å². The van der Waals surface area contributed by atoms with E-state index in [0.717, 1.165) is 5.56 Å². The number of nitrogens with zero attached hydrogens (tertiary/aromatic N) is 1. The minimum absolute atomic E-state index is 0.101. The fraction of sp³-hybridized carbons (Fsp3) is 0.471. The van der Waals surface area contributed by atoms with Gasteiger partial charge in [-0.05, 0) is 25.5 Å². The first-order valence-electron chi connectivity index (χ1n) is 7.65. The summed E-state index contributed by atoms with van der Waals surface area (Å²) in [5.41, 5.74) is -0.0317. The van der Waals surface area contributed by atoms with Gasteiger partial charge in [-0.25, -0.2) is 4.79 Å². The van der Waals surface area contributed by atoms with Crippen molar-refractivity contribution in [3.05, 3.63) is 29.8 Å². The minimum atomic E-state index is -1.06. The summed E-state index contributed by atoms with van der Waals surface area (Å²) in [6, 6.07) is 7.33. The van der Waals surface area contributed by atoms with Crippen LogP contribution in [-0.4, -0.2) is 41.9 Å². The molecule has 1 fully saturated rings. The summed E-state index contributed by atoms with van der Waals surface area (Å²) in [6.07, 6.45) is 0.460. The minimum Gasteiger partial charge on any atom is -0.468 e. The molecule has 3 atom stereocenters. The van der Waals surface area contributed by atoms with E-state index in [4.69, 9.17) is 9.47 Å². The first kappa shape index (κ1) is 15.5. The summed E-state index contributed by atoms with van der Waals surface area (Å²) in [5.74, 6) is -2.94. The monoisotopic (exact) mass is 317 g/mol. The molecule has 1 saturated heterocycles. The molecule has 0 aliphatic carbocycles. The van der Waals surface area contributed by atoms with Crippen LogP contribution in [0.25, 0.3) is 0 Å². The Hall–Kier alpha value is -2.37. The van der Waals surface area contributed by atoms with E-state index in [-0.39, 0.29) is 12.5 Å². The second-order valence-electron chi connectivity index (χ2n) is 6.09. The predicted molar refractivity (Wildman–Crippen MR) is 80.7 cm³/mol. The molecule has 6 heteroatoms. The Labute approximate surface area is 134 Å². The molecule has 2 bridgehead atoms. The molecule has 2 aliphatic rings. The summed E-state index contributed by atoms with van der Waals surface area (Å²) in [4.78, 5) is 38.5. The lowest BCUT2D eigenvalue weighted by Gasteiger charge is -2.51. The highest BCUT2D eigenvalue weighted by molar-refractivity contribution is 6.38. The number of rotatable bonds is 3. The van der Waals surface area contributed by atoms with Crippen molar-refractivity contribution in [3.8, 4) is 5.75 Å². The zero-order valence-electron chi connectivity index (χ0n) is 13.4. The number of hydrogen-bond acceptors (Lipinski definition) is 5. The van der Waals surface area contributed by atoms with Crippen LogP contribution in [0.1, 0.15) is 31.7 Å². The number of carbonyl (C=O) groups is 3. The van der Waals surface area contributed by atoms with Crippen molar-refractivity contribution in [2.75, 3.05) is 13.7 Å². The molecule has 0 unspecified atom stereocenters. The van der Waals surface area contributed by atoms with Gasteiger partial charge in [-0.2, -0.15) is 0 Å². The van der Waals surface area contributed by atoms with E-state index in [1.54, 1.807) is 14.0 Å². The van der Waals surface area contributed by atoms with Crippen LogP contribution in [0.5, 0.6) is 5.75 Å². The number of benzene rings is 1. The number of carbonyl (C=O) groups excluding carboxylic acids is 3. The summed E-state index contributed by atoms with van der Waals surface area (Å²) < 4.78 is 10.8. The van der Waals surface area contributed by atoms with Crippen LogP contribution in [-0.2, 0) is 19.1 Å². The molecule has 0 saturated carbocycles. The number of amides is 1. The van der Waals surface area contributed by atoms with E-state index in [1.165, 1.54) is 4.90 Å². The summed E-state index contributed by atoms with van der Waals surface area (Å²) in [5, 5.41) is 0.